The van der Waals surface area contributed by atoms with Gasteiger partial charge < -0.3 is 14.7 Å². The SMILES string of the molecule is Cc1nc(-c2ccccc2)nc2sc(C(=O)N3CCOCC3)c(O)c12. The lowest BCUT2D eigenvalue weighted by Gasteiger charge is -2.26. The zero-order valence-electron chi connectivity index (χ0n) is 13.7. The summed E-state index contributed by atoms with van der Waals surface area (Å²) >= 11 is 1.22. The largest absolute Gasteiger partial charge is 0.505 e. The van der Waals surface area contributed by atoms with E-state index in [9.17, 15) is 9.90 Å². The van der Waals surface area contributed by atoms with E-state index in [4.69, 9.17) is 4.74 Å². The monoisotopic (exact) mass is 355 g/mol. The van der Waals surface area contributed by atoms with Crippen molar-refractivity contribution >= 4 is 27.5 Å². The van der Waals surface area contributed by atoms with Crippen LogP contribution in [0.5, 0.6) is 5.75 Å². The molecule has 128 valence electrons. The summed E-state index contributed by atoms with van der Waals surface area (Å²) in [4.78, 5) is 24.5. The number of amides is 1. The number of nitrogens with zero attached hydrogens (tertiary/aromatic N) is 3. The molecule has 4 rings (SSSR count). The maximum Gasteiger partial charge on any atom is 0.268 e. The van der Waals surface area contributed by atoms with Crippen molar-refractivity contribution in [1.29, 1.82) is 0 Å². The molecule has 0 bridgehead atoms. The molecule has 1 aliphatic rings. The second kappa shape index (κ2) is 6.42. The summed E-state index contributed by atoms with van der Waals surface area (Å²) in [5.41, 5.74) is 1.57. The van der Waals surface area contributed by atoms with E-state index >= 15 is 0 Å². The van der Waals surface area contributed by atoms with Crippen molar-refractivity contribution in [2.75, 3.05) is 26.3 Å². The molecule has 3 aromatic rings. The minimum atomic E-state index is -0.176. The van der Waals surface area contributed by atoms with Crippen molar-refractivity contribution < 1.29 is 14.6 Å². The van der Waals surface area contributed by atoms with Crippen LogP contribution < -0.4 is 0 Å². The molecule has 7 heteroatoms. The first-order chi connectivity index (χ1) is 12.1. The molecule has 1 aliphatic heterocycles. The molecule has 6 nitrogen and oxygen atoms in total. The number of aryl methyl sites for hydroxylation is 1. The number of carbonyl (C=O) groups is 1. The van der Waals surface area contributed by atoms with Crippen LogP contribution in [0.4, 0.5) is 0 Å². The Morgan fingerprint density at radius 2 is 1.92 bits per heavy atom. The maximum atomic E-state index is 12.7. The number of ether oxygens (including phenoxy) is 1. The molecule has 1 saturated heterocycles. The van der Waals surface area contributed by atoms with Crippen LogP contribution >= 0.6 is 11.3 Å². The van der Waals surface area contributed by atoms with Gasteiger partial charge in [-0.05, 0) is 6.92 Å². The molecule has 0 atom stereocenters. The van der Waals surface area contributed by atoms with Gasteiger partial charge in [0.25, 0.3) is 5.91 Å². The fraction of sp³-hybridized carbons (Fsp3) is 0.278. The van der Waals surface area contributed by atoms with Gasteiger partial charge in [0, 0.05) is 18.7 Å². The van der Waals surface area contributed by atoms with Gasteiger partial charge in [-0.2, -0.15) is 0 Å². The van der Waals surface area contributed by atoms with Crippen LogP contribution in [0.2, 0.25) is 0 Å². The van der Waals surface area contributed by atoms with Gasteiger partial charge in [-0.3, -0.25) is 4.79 Å². The highest BCUT2D eigenvalue weighted by molar-refractivity contribution is 7.21. The molecule has 2 aromatic heterocycles. The smallest absolute Gasteiger partial charge is 0.268 e. The third-order valence-electron chi connectivity index (χ3n) is 4.23. The number of aromatic hydroxyl groups is 1. The molecule has 1 fully saturated rings. The van der Waals surface area contributed by atoms with E-state index < -0.39 is 0 Å². The highest BCUT2D eigenvalue weighted by Gasteiger charge is 2.26. The number of carbonyl (C=O) groups excluding carboxylic acids is 1. The van der Waals surface area contributed by atoms with Gasteiger partial charge in [0.05, 0.1) is 24.3 Å². The predicted molar refractivity (Wildman–Crippen MR) is 96.0 cm³/mol. The number of morpholine rings is 1. The number of aromatic nitrogens is 2. The third-order valence-corrected chi connectivity index (χ3v) is 5.29. The summed E-state index contributed by atoms with van der Waals surface area (Å²) in [6.07, 6.45) is 0. The maximum absolute atomic E-state index is 12.7. The Hall–Kier alpha value is -2.51. The van der Waals surface area contributed by atoms with Gasteiger partial charge in [-0.25, -0.2) is 9.97 Å². The molecule has 0 radical (unpaired) electrons. The lowest BCUT2D eigenvalue weighted by atomic mass is 10.2. The number of thiophene rings is 1. The van der Waals surface area contributed by atoms with Crippen LogP contribution in [0.1, 0.15) is 15.4 Å². The lowest BCUT2D eigenvalue weighted by molar-refractivity contribution is 0.0304. The molecule has 3 heterocycles. The van der Waals surface area contributed by atoms with Crippen molar-refractivity contribution in [2.24, 2.45) is 0 Å². The summed E-state index contributed by atoms with van der Waals surface area (Å²) in [5.74, 6) is 0.398. The summed E-state index contributed by atoms with van der Waals surface area (Å²) in [5, 5.41) is 11.1. The van der Waals surface area contributed by atoms with Crippen molar-refractivity contribution in [3.05, 3.63) is 40.9 Å². The van der Waals surface area contributed by atoms with Gasteiger partial charge in [-0.15, -0.1) is 11.3 Å². The molecule has 1 aromatic carbocycles. The number of hydrogen-bond donors (Lipinski definition) is 1. The summed E-state index contributed by atoms with van der Waals surface area (Å²) < 4.78 is 5.28. The topological polar surface area (TPSA) is 75.6 Å². The second-order valence-corrected chi connectivity index (χ2v) is 6.86. The molecular weight excluding hydrogens is 338 g/mol. The quantitative estimate of drug-likeness (QED) is 0.765. The first-order valence-corrected chi connectivity index (χ1v) is 8.89. The first kappa shape index (κ1) is 16.0. The molecule has 0 aliphatic carbocycles. The third kappa shape index (κ3) is 2.85. The Kier molecular flexibility index (Phi) is 4.10. The Morgan fingerprint density at radius 3 is 2.64 bits per heavy atom. The highest BCUT2D eigenvalue weighted by atomic mass is 32.1. The molecule has 0 saturated carbocycles. The van der Waals surface area contributed by atoms with Crippen LogP contribution in [0.15, 0.2) is 30.3 Å². The van der Waals surface area contributed by atoms with Crippen LogP contribution in [0.3, 0.4) is 0 Å². The van der Waals surface area contributed by atoms with Crippen LogP contribution in [0.25, 0.3) is 21.6 Å². The van der Waals surface area contributed by atoms with Crippen molar-refractivity contribution in [2.45, 2.75) is 6.92 Å². The van der Waals surface area contributed by atoms with Crippen molar-refractivity contribution in [3.8, 4) is 17.1 Å². The zero-order chi connectivity index (χ0) is 17.4. The van der Waals surface area contributed by atoms with Crippen molar-refractivity contribution in [1.82, 2.24) is 14.9 Å². The van der Waals surface area contributed by atoms with Crippen LogP contribution in [-0.4, -0.2) is 52.2 Å². The molecule has 0 spiro atoms. The average molecular weight is 355 g/mol. The van der Waals surface area contributed by atoms with Gasteiger partial charge in [0.1, 0.15) is 9.71 Å². The predicted octanol–water partition coefficient (Wildman–Crippen LogP) is 2.84. The molecule has 1 amide bonds. The van der Waals surface area contributed by atoms with Crippen molar-refractivity contribution in [3.63, 3.8) is 0 Å². The standard InChI is InChI=1S/C18H17N3O3S/c1-11-13-14(22)15(18(23)21-7-9-24-10-8-21)25-17(13)20-16(19-11)12-5-3-2-4-6-12/h2-6,22H,7-10H2,1H3. The second-order valence-electron chi connectivity index (χ2n) is 5.86. The summed E-state index contributed by atoms with van der Waals surface area (Å²) in [6, 6.07) is 9.67. The first-order valence-electron chi connectivity index (χ1n) is 8.07. The van der Waals surface area contributed by atoms with E-state index in [1.807, 2.05) is 37.3 Å². The fourth-order valence-electron chi connectivity index (χ4n) is 2.92. The number of hydrogen-bond acceptors (Lipinski definition) is 6. The Bertz CT molecular complexity index is 934. The Balaban J connectivity index is 1.79. The molecule has 1 N–H and O–H groups in total. The van der Waals surface area contributed by atoms with Gasteiger partial charge in [0.15, 0.2) is 11.6 Å². The minimum Gasteiger partial charge on any atom is -0.505 e. The summed E-state index contributed by atoms with van der Waals surface area (Å²) in [7, 11) is 0. The fourth-order valence-corrected chi connectivity index (χ4v) is 4.01. The van der Waals surface area contributed by atoms with E-state index in [0.717, 1.165) is 5.56 Å². The lowest BCUT2D eigenvalue weighted by Crippen LogP contribution is -2.40. The average Bonchev–Trinajstić information content (AvgIpc) is 2.99. The number of benzene rings is 1. The summed E-state index contributed by atoms with van der Waals surface area (Å²) in [6.45, 7) is 3.94. The van der Waals surface area contributed by atoms with Gasteiger partial charge >= 0.3 is 0 Å². The molecule has 0 unspecified atom stereocenters. The molecule has 25 heavy (non-hydrogen) atoms. The van der Waals surface area contributed by atoms with E-state index in [-0.39, 0.29) is 11.7 Å². The highest BCUT2D eigenvalue weighted by Crippen LogP contribution is 2.39. The number of fused-ring (bicyclic) bond motifs is 1. The van der Waals surface area contributed by atoms with Crippen LogP contribution in [-0.2, 0) is 4.74 Å². The van der Waals surface area contributed by atoms with E-state index in [2.05, 4.69) is 9.97 Å². The molecular formula is C18H17N3O3S. The van der Waals surface area contributed by atoms with Crippen LogP contribution in [0, 0.1) is 6.92 Å². The zero-order valence-corrected chi connectivity index (χ0v) is 14.5. The minimum absolute atomic E-state index is 0.0198. The van der Waals surface area contributed by atoms with E-state index in [1.54, 1.807) is 4.90 Å². The normalized spacial score (nSPS) is 14.8. The Labute approximate surface area is 148 Å². The van der Waals surface area contributed by atoms with Gasteiger partial charge in [0.2, 0.25) is 0 Å². The Morgan fingerprint density at radius 1 is 1.20 bits per heavy atom. The van der Waals surface area contributed by atoms with E-state index in [1.165, 1.54) is 11.3 Å². The number of rotatable bonds is 2. The van der Waals surface area contributed by atoms with Gasteiger partial charge in [-0.1, -0.05) is 30.3 Å². The van der Waals surface area contributed by atoms with E-state index in [0.29, 0.717) is 52.9 Å².